The van der Waals surface area contributed by atoms with Crippen LogP contribution in [-0.4, -0.2) is 0 Å². The molecule has 0 aliphatic heterocycles. The molecule has 0 aromatic heterocycles. The predicted octanol–water partition coefficient (Wildman–Crippen LogP) is 5.55. The molecule has 1 aromatic rings. The van der Waals surface area contributed by atoms with Gasteiger partial charge in [-0.3, -0.25) is 0 Å². The number of hydrogen-bond donors (Lipinski definition) is 0. The highest BCUT2D eigenvalue weighted by molar-refractivity contribution is 5.70. The smallest absolute Gasteiger partial charge is 0.0193 e. The van der Waals surface area contributed by atoms with E-state index < -0.39 is 0 Å². The van der Waals surface area contributed by atoms with Crippen LogP contribution in [0.5, 0.6) is 0 Å². The molecule has 2 rings (SSSR count). The Morgan fingerprint density at radius 1 is 1.00 bits per heavy atom. The van der Waals surface area contributed by atoms with Crippen LogP contribution < -0.4 is 0 Å². The van der Waals surface area contributed by atoms with Crippen molar-refractivity contribution in [3.05, 3.63) is 41.0 Å². The maximum Gasteiger partial charge on any atom is -0.0193 e. The van der Waals surface area contributed by atoms with Gasteiger partial charge in [0.1, 0.15) is 0 Å². The molecule has 0 spiro atoms. The van der Waals surface area contributed by atoms with Gasteiger partial charge in [-0.2, -0.15) is 0 Å². The van der Waals surface area contributed by atoms with Crippen molar-refractivity contribution in [1.82, 2.24) is 0 Å². The van der Waals surface area contributed by atoms with E-state index in [1.807, 2.05) is 0 Å². The zero-order chi connectivity index (χ0) is 12.8. The van der Waals surface area contributed by atoms with Crippen LogP contribution in [0.2, 0.25) is 0 Å². The van der Waals surface area contributed by atoms with Crippen molar-refractivity contribution in [2.45, 2.75) is 65.2 Å². The Hall–Kier alpha value is -1.04. The lowest BCUT2D eigenvalue weighted by molar-refractivity contribution is 0.740. The van der Waals surface area contributed by atoms with Crippen LogP contribution in [0.15, 0.2) is 24.3 Å². The number of rotatable bonds is 5. The van der Waals surface area contributed by atoms with E-state index in [-0.39, 0.29) is 0 Å². The maximum atomic E-state index is 2.48. The van der Waals surface area contributed by atoms with Gasteiger partial charge in [-0.25, -0.2) is 0 Å². The van der Waals surface area contributed by atoms with Gasteiger partial charge in [-0.05, 0) is 60.8 Å². The lowest BCUT2D eigenvalue weighted by atomic mass is 9.86. The molecule has 0 atom stereocenters. The van der Waals surface area contributed by atoms with Gasteiger partial charge >= 0.3 is 0 Å². The summed E-state index contributed by atoms with van der Waals surface area (Å²) in [5.74, 6) is 0. The van der Waals surface area contributed by atoms with Gasteiger partial charge in [-0.1, -0.05) is 51.0 Å². The largest absolute Gasteiger partial charge is 0.0807 e. The summed E-state index contributed by atoms with van der Waals surface area (Å²) in [5.41, 5.74) is 6.39. The molecule has 1 aliphatic rings. The van der Waals surface area contributed by atoms with Crippen LogP contribution in [-0.2, 0) is 12.8 Å². The van der Waals surface area contributed by atoms with Crippen LogP contribution in [0.1, 0.15) is 69.1 Å². The second-order valence-electron chi connectivity index (χ2n) is 5.42. The molecule has 1 aliphatic carbocycles. The van der Waals surface area contributed by atoms with E-state index in [1.165, 1.54) is 51.4 Å². The minimum absolute atomic E-state index is 1.23. The highest BCUT2D eigenvalue weighted by atomic mass is 14.2. The van der Waals surface area contributed by atoms with E-state index >= 15 is 0 Å². The third-order valence-corrected chi connectivity index (χ3v) is 3.93. The van der Waals surface area contributed by atoms with Crippen molar-refractivity contribution in [2.24, 2.45) is 0 Å². The summed E-state index contributed by atoms with van der Waals surface area (Å²) in [7, 11) is 0. The zero-order valence-corrected chi connectivity index (χ0v) is 12.0. The summed E-state index contributed by atoms with van der Waals surface area (Å²) in [6.07, 6.45) is 12.8. The fraction of sp³-hybridized carbons (Fsp3) is 0.556. The maximum absolute atomic E-state index is 2.48. The van der Waals surface area contributed by atoms with Gasteiger partial charge in [0.05, 0.1) is 0 Å². The predicted molar refractivity (Wildman–Crippen MR) is 80.9 cm³/mol. The molecule has 0 radical (unpaired) electrons. The molecule has 0 amide bonds. The molecule has 0 N–H and O–H groups in total. The molecule has 0 heterocycles. The molecule has 0 bridgehead atoms. The van der Waals surface area contributed by atoms with Gasteiger partial charge in [0.15, 0.2) is 0 Å². The Labute approximate surface area is 112 Å². The van der Waals surface area contributed by atoms with E-state index in [1.54, 1.807) is 22.3 Å². The van der Waals surface area contributed by atoms with Gasteiger partial charge in [0.2, 0.25) is 0 Å². The Bertz CT molecular complexity index is 412. The Balaban J connectivity index is 2.38. The first-order valence-electron chi connectivity index (χ1n) is 7.67. The third kappa shape index (κ3) is 3.04. The summed E-state index contributed by atoms with van der Waals surface area (Å²) in [6, 6.07) is 6.94. The lowest BCUT2D eigenvalue weighted by Gasteiger charge is -2.19. The minimum atomic E-state index is 1.23. The molecule has 98 valence electrons. The lowest BCUT2D eigenvalue weighted by Crippen LogP contribution is -2.02. The standard InChI is InChI=1S/C18H26/c1-3-9-15-13-8-14-18(17(15)10-4-2)16-11-6-5-7-12-16/h8,11,13-14H,3-7,9-10,12H2,1-2H3. The minimum Gasteiger partial charge on any atom is -0.0807 e. The molecular weight excluding hydrogens is 216 g/mol. The molecule has 0 saturated carbocycles. The normalized spacial score (nSPS) is 15.6. The van der Waals surface area contributed by atoms with Crippen molar-refractivity contribution in [1.29, 1.82) is 0 Å². The molecule has 0 saturated heterocycles. The number of aryl methyl sites for hydroxylation is 1. The van der Waals surface area contributed by atoms with Crippen LogP contribution in [0.3, 0.4) is 0 Å². The van der Waals surface area contributed by atoms with Crippen molar-refractivity contribution in [3.8, 4) is 0 Å². The van der Waals surface area contributed by atoms with Gasteiger partial charge in [0.25, 0.3) is 0 Å². The van der Waals surface area contributed by atoms with Crippen LogP contribution >= 0.6 is 0 Å². The van der Waals surface area contributed by atoms with E-state index in [0.717, 1.165) is 0 Å². The molecular formula is C18H26. The van der Waals surface area contributed by atoms with Crippen molar-refractivity contribution < 1.29 is 0 Å². The van der Waals surface area contributed by atoms with Crippen LogP contribution in [0, 0.1) is 0 Å². The fourth-order valence-electron chi connectivity index (χ4n) is 3.07. The number of benzene rings is 1. The van der Waals surface area contributed by atoms with Crippen LogP contribution in [0.4, 0.5) is 0 Å². The highest BCUT2D eigenvalue weighted by Crippen LogP contribution is 2.31. The van der Waals surface area contributed by atoms with Crippen molar-refractivity contribution in [3.63, 3.8) is 0 Å². The quantitative estimate of drug-likeness (QED) is 0.635. The summed E-state index contributed by atoms with van der Waals surface area (Å²) in [6.45, 7) is 4.57. The molecule has 0 unspecified atom stereocenters. The van der Waals surface area contributed by atoms with E-state index in [2.05, 4.69) is 38.1 Å². The third-order valence-electron chi connectivity index (χ3n) is 3.93. The Morgan fingerprint density at radius 2 is 1.83 bits per heavy atom. The van der Waals surface area contributed by atoms with E-state index in [4.69, 9.17) is 0 Å². The topological polar surface area (TPSA) is 0 Å². The van der Waals surface area contributed by atoms with Gasteiger partial charge < -0.3 is 0 Å². The Morgan fingerprint density at radius 3 is 2.50 bits per heavy atom. The number of hydrogen-bond acceptors (Lipinski definition) is 0. The molecule has 18 heavy (non-hydrogen) atoms. The van der Waals surface area contributed by atoms with E-state index in [0.29, 0.717) is 0 Å². The second-order valence-corrected chi connectivity index (χ2v) is 5.42. The monoisotopic (exact) mass is 242 g/mol. The average molecular weight is 242 g/mol. The van der Waals surface area contributed by atoms with Gasteiger partial charge in [0, 0.05) is 0 Å². The SMILES string of the molecule is CCCc1cccc(C2=CCCCC2)c1CCC. The summed E-state index contributed by atoms with van der Waals surface area (Å²) in [4.78, 5) is 0. The van der Waals surface area contributed by atoms with Crippen molar-refractivity contribution >= 4 is 5.57 Å². The Kier molecular flexibility index (Phi) is 5.04. The molecule has 0 fully saturated rings. The molecule has 0 nitrogen and oxygen atoms in total. The first-order chi connectivity index (χ1) is 8.86. The summed E-state index contributed by atoms with van der Waals surface area (Å²) in [5, 5.41) is 0. The molecule has 1 aromatic carbocycles. The highest BCUT2D eigenvalue weighted by Gasteiger charge is 2.12. The zero-order valence-electron chi connectivity index (χ0n) is 12.0. The fourth-order valence-corrected chi connectivity index (χ4v) is 3.07. The first-order valence-corrected chi connectivity index (χ1v) is 7.67. The summed E-state index contributed by atoms with van der Waals surface area (Å²) < 4.78 is 0. The van der Waals surface area contributed by atoms with Gasteiger partial charge in [-0.15, -0.1) is 0 Å². The average Bonchev–Trinajstić information content (AvgIpc) is 2.42. The summed E-state index contributed by atoms with van der Waals surface area (Å²) >= 11 is 0. The van der Waals surface area contributed by atoms with E-state index in [9.17, 15) is 0 Å². The van der Waals surface area contributed by atoms with Crippen molar-refractivity contribution in [2.75, 3.05) is 0 Å². The number of allylic oxidation sites excluding steroid dienone is 2. The second kappa shape index (κ2) is 6.78. The van der Waals surface area contributed by atoms with Crippen LogP contribution in [0.25, 0.3) is 5.57 Å². The first kappa shape index (κ1) is 13.4. The molecule has 0 heteroatoms.